The predicted molar refractivity (Wildman–Crippen MR) is 65.2 cm³/mol. The molecule has 2 saturated heterocycles. The van der Waals surface area contributed by atoms with Crippen molar-refractivity contribution < 1.29 is 4.79 Å². The normalized spacial score (nSPS) is 25.2. The van der Waals surface area contributed by atoms with Gasteiger partial charge >= 0.3 is 0 Å². The molecule has 16 heavy (non-hydrogen) atoms. The summed E-state index contributed by atoms with van der Waals surface area (Å²) in [5, 5.41) is 3.45. The molecule has 92 valence electrons. The SMILES string of the molecule is CCCC(C)C(=O)N1CC2(CCCNC2)C1. The Morgan fingerprint density at radius 1 is 1.50 bits per heavy atom. The molecule has 3 heteroatoms. The number of hydrogen-bond acceptors (Lipinski definition) is 2. The monoisotopic (exact) mass is 224 g/mol. The molecule has 2 aliphatic rings. The lowest BCUT2D eigenvalue weighted by Gasteiger charge is -2.53. The Bertz CT molecular complexity index is 251. The van der Waals surface area contributed by atoms with Gasteiger partial charge in [-0.3, -0.25) is 4.79 Å². The molecular formula is C13H24N2O. The number of rotatable bonds is 3. The van der Waals surface area contributed by atoms with Gasteiger partial charge in [-0.25, -0.2) is 0 Å². The van der Waals surface area contributed by atoms with Crippen LogP contribution in [0.2, 0.25) is 0 Å². The molecule has 0 radical (unpaired) electrons. The predicted octanol–water partition coefficient (Wildman–Crippen LogP) is 1.63. The molecule has 0 saturated carbocycles. The molecular weight excluding hydrogens is 200 g/mol. The second-order valence-electron chi connectivity index (χ2n) is 5.66. The van der Waals surface area contributed by atoms with Crippen LogP contribution in [0.1, 0.15) is 39.5 Å². The summed E-state index contributed by atoms with van der Waals surface area (Å²) in [5.74, 6) is 0.594. The first kappa shape index (κ1) is 11.9. The van der Waals surface area contributed by atoms with E-state index in [0.717, 1.165) is 39.0 Å². The zero-order chi connectivity index (χ0) is 11.6. The Kier molecular flexibility index (Phi) is 3.53. The highest BCUT2D eigenvalue weighted by Gasteiger charge is 2.45. The van der Waals surface area contributed by atoms with Crippen molar-refractivity contribution in [3.8, 4) is 0 Å². The van der Waals surface area contributed by atoms with Gasteiger partial charge in [-0.1, -0.05) is 20.3 Å². The van der Waals surface area contributed by atoms with E-state index in [1.165, 1.54) is 12.8 Å². The zero-order valence-electron chi connectivity index (χ0n) is 10.6. The molecule has 0 bridgehead atoms. The molecule has 2 heterocycles. The van der Waals surface area contributed by atoms with E-state index in [-0.39, 0.29) is 5.92 Å². The molecule has 0 aliphatic carbocycles. The third-order valence-electron chi connectivity index (χ3n) is 4.07. The average molecular weight is 224 g/mol. The van der Waals surface area contributed by atoms with E-state index in [4.69, 9.17) is 0 Å². The minimum Gasteiger partial charge on any atom is -0.341 e. The van der Waals surface area contributed by atoms with Crippen LogP contribution >= 0.6 is 0 Å². The van der Waals surface area contributed by atoms with Crippen LogP contribution in [0.3, 0.4) is 0 Å². The number of carbonyl (C=O) groups is 1. The van der Waals surface area contributed by atoms with Gasteiger partial charge < -0.3 is 10.2 Å². The number of nitrogens with zero attached hydrogens (tertiary/aromatic N) is 1. The summed E-state index contributed by atoms with van der Waals surface area (Å²) in [6, 6.07) is 0. The van der Waals surface area contributed by atoms with E-state index >= 15 is 0 Å². The van der Waals surface area contributed by atoms with E-state index in [0.29, 0.717) is 11.3 Å². The first-order chi connectivity index (χ1) is 7.67. The minimum absolute atomic E-state index is 0.221. The molecule has 2 aliphatic heterocycles. The number of piperidine rings is 1. The van der Waals surface area contributed by atoms with Gasteiger partial charge in [0.1, 0.15) is 0 Å². The Balaban J connectivity index is 1.80. The van der Waals surface area contributed by atoms with Gasteiger partial charge in [0, 0.05) is 31.0 Å². The van der Waals surface area contributed by atoms with E-state index in [9.17, 15) is 4.79 Å². The van der Waals surface area contributed by atoms with E-state index in [2.05, 4.69) is 24.1 Å². The number of amides is 1. The maximum absolute atomic E-state index is 12.0. The molecule has 1 N–H and O–H groups in total. The van der Waals surface area contributed by atoms with Gasteiger partial charge in [-0.2, -0.15) is 0 Å². The molecule has 2 fully saturated rings. The first-order valence-electron chi connectivity index (χ1n) is 6.66. The van der Waals surface area contributed by atoms with E-state index in [1.807, 2.05) is 0 Å². The lowest BCUT2D eigenvalue weighted by atomic mass is 9.73. The zero-order valence-corrected chi connectivity index (χ0v) is 10.6. The van der Waals surface area contributed by atoms with Crippen LogP contribution in [0.5, 0.6) is 0 Å². The fourth-order valence-electron chi connectivity index (χ4n) is 3.09. The second-order valence-corrected chi connectivity index (χ2v) is 5.66. The molecule has 1 unspecified atom stereocenters. The molecule has 0 aromatic heterocycles. The Morgan fingerprint density at radius 3 is 2.81 bits per heavy atom. The minimum atomic E-state index is 0.221. The smallest absolute Gasteiger partial charge is 0.225 e. The van der Waals surface area contributed by atoms with Crippen molar-refractivity contribution in [2.24, 2.45) is 11.3 Å². The van der Waals surface area contributed by atoms with Crippen molar-refractivity contribution in [3.63, 3.8) is 0 Å². The van der Waals surface area contributed by atoms with Crippen molar-refractivity contribution in [2.75, 3.05) is 26.2 Å². The first-order valence-corrected chi connectivity index (χ1v) is 6.66. The maximum atomic E-state index is 12.0. The lowest BCUT2D eigenvalue weighted by molar-refractivity contribution is -0.148. The average Bonchev–Trinajstić information content (AvgIpc) is 2.26. The highest BCUT2D eigenvalue weighted by molar-refractivity contribution is 5.79. The summed E-state index contributed by atoms with van der Waals surface area (Å²) in [5.41, 5.74) is 0.430. The standard InChI is InChI=1S/C13H24N2O/c1-3-5-11(2)12(16)15-9-13(10-15)6-4-7-14-8-13/h11,14H,3-10H2,1-2H3. The highest BCUT2D eigenvalue weighted by atomic mass is 16.2. The Labute approximate surface area is 98.6 Å². The van der Waals surface area contributed by atoms with Crippen LogP contribution in [-0.4, -0.2) is 37.0 Å². The number of nitrogens with one attached hydrogen (secondary N) is 1. The fourth-order valence-corrected chi connectivity index (χ4v) is 3.09. The van der Waals surface area contributed by atoms with Gasteiger partial charge in [0.15, 0.2) is 0 Å². The highest BCUT2D eigenvalue weighted by Crippen LogP contribution is 2.37. The summed E-state index contributed by atoms with van der Waals surface area (Å²) in [7, 11) is 0. The molecule has 3 nitrogen and oxygen atoms in total. The third kappa shape index (κ3) is 2.24. The second kappa shape index (κ2) is 4.74. The summed E-state index contributed by atoms with van der Waals surface area (Å²) in [6.45, 7) is 8.46. The Morgan fingerprint density at radius 2 is 2.25 bits per heavy atom. The largest absolute Gasteiger partial charge is 0.341 e. The molecule has 1 amide bonds. The summed E-state index contributed by atoms with van der Waals surface area (Å²) in [4.78, 5) is 14.1. The molecule has 2 rings (SSSR count). The van der Waals surface area contributed by atoms with Gasteiger partial charge in [0.25, 0.3) is 0 Å². The van der Waals surface area contributed by atoms with Gasteiger partial charge in [-0.05, 0) is 25.8 Å². The van der Waals surface area contributed by atoms with Crippen LogP contribution in [0.25, 0.3) is 0 Å². The summed E-state index contributed by atoms with van der Waals surface area (Å²) >= 11 is 0. The molecule has 0 aromatic rings. The lowest BCUT2D eigenvalue weighted by Crippen LogP contribution is -2.64. The summed E-state index contributed by atoms with van der Waals surface area (Å²) in [6.07, 6.45) is 4.70. The van der Waals surface area contributed by atoms with Crippen molar-refractivity contribution in [2.45, 2.75) is 39.5 Å². The number of hydrogen-bond donors (Lipinski definition) is 1. The van der Waals surface area contributed by atoms with Gasteiger partial charge in [0.05, 0.1) is 0 Å². The Hall–Kier alpha value is -0.570. The van der Waals surface area contributed by atoms with Crippen LogP contribution in [0, 0.1) is 11.3 Å². The van der Waals surface area contributed by atoms with Crippen molar-refractivity contribution in [1.29, 1.82) is 0 Å². The van der Waals surface area contributed by atoms with Gasteiger partial charge in [-0.15, -0.1) is 0 Å². The molecule has 1 spiro atoms. The fraction of sp³-hybridized carbons (Fsp3) is 0.923. The molecule has 1 atom stereocenters. The maximum Gasteiger partial charge on any atom is 0.225 e. The van der Waals surface area contributed by atoms with Crippen molar-refractivity contribution >= 4 is 5.91 Å². The third-order valence-corrected chi connectivity index (χ3v) is 4.07. The van der Waals surface area contributed by atoms with E-state index < -0.39 is 0 Å². The quantitative estimate of drug-likeness (QED) is 0.790. The van der Waals surface area contributed by atoms with Gasteiger partial charge in [0.2, 0.25) is 5.91 Å². The summed E-state index contributed by atoms with van der Waals surface area (Å²) < 4.78 is 0. The topological polar surface area (TPSA) is 32.3 Å². The van der Waals surface area contributed by atoms with Crippen LogP contribution in [-0.2, 0) is 4.79 Å². The van der Waals surface area contributed by atoms with Crippen molar-refractivity contribution in [1.82, 2.24) is 10.2 Å². The van der Waals surface area contributed by atoms with Crippen molar-refractivity contribution in [3.05, 3.63) is 0 Å². The number of likely N-dealkylation sites (tertiary alicyclic amines) is 1. The molecule has 0 aromatic carbocycles. The van der Waals surface area contributed by atoms with Crippen LogP contribution in [0.15, 0.2) is 0 Å². The van der Waals surface area contributed by atoms with Crippen LogP contribution < -0.4 is 5.32 Å². The van der Waals surface area contributed by atoms with E-state index in [1.54, 1.807) is 0 Å². The number of carbonyl (C=O) groups excluding carboxylic acids is 1. The van der Waals surface area contributed by atoms with Crippen LogP contribution in [0.4, 0.5) is 0 Å².